The number of nitrogens with one attached hydrogen (secondary N) is 1. The van der Waals surface area contributed by atoms with Gasteiger partial charge in [0.1, 0.15) is 0 Å². The number of aliphatic hydroxyl groups is 1. The van der Waals surface area contributed by atoms with Gasteiger partial charge in [0.2, 0.25) is 0 Å². The van der Waals surface area contributed by atoms with E-state index >= 15 is 0 Å². The third-order valence-corrected chi connectivity index (χ3v) is 4.62. The van der Waals surface area contributed by atoms with E-state index in [1.54, 1.807) is 0 Å². The second-order valence-electron chi connectivity index (χ2n) is 4.27. The first-order valence-electron chi connectivity index (χ1n) is 5.46. The molecule has 1 fully saturated rings. The van der Waals surface area contributed by atoms with Crippen molar-refractivity contribution < 1.29 is 5.11 Å². The molecule has 2 N–H and O–H groups in total. The fourth-order valence-electron chi connectivity index (χ4n) is 2.09. The minimum absolute atomic E-state index is 0.186. The average Bonchev–Trinajstić information content (AvgIpc) is 2.75. The summed E-state index contributed by atoms with van der Waals surface area (Å²) in [5.74, 6) is 0. The Kier molecular flexibility index (Phi) is 4.06. The molecule has 1 aliphatic rings. The first-order valence-corrected chi connectivity index (χ1v) is 7.05. The summed E-state index contributed by atoms with van der Waals surface area (Å²) in [6, 6.07) is 4.23. The number of halogens is 2. The normalized spacial score (nSPS) is 22.4. The molecule has 0 spiro atoms. The summed E-state index contributed by atoms with van der Waals surface area (Å²) >= 11 is 7.03. The van der Waals surface area contributed by atoms with Crippen molar-refractivity contribution in [1.82, 2.24) is 5.32 Å². The van der Waals surface area contributed by atoms with Crippen LogP contribution in [0.1, 0.15) is 30.1 Å². The lowest BCUT2D eigenvalue weighted by atomic mass is 10.00. The van der Waals surface area contributed by atoms with Gasteiger partial charge in [-0.15, -0.1) is 0 Å². The zero-order valence-electron chi connectivity index (χ0n) is 9.13. The van der Waals surface area contributed by atoms with Crippen molar-refractivity contribution in [3.05, 3.63) is 32.2 Å². The number of hydrogen-bond donors (Lipinski definition) is 2. The van der Waals surface area contributed by atoms with Gasteiger partial charge in [-0.1, -0.05) is 31.9 Å². The van der Waals surface area contributed by atoms with E-state index in [9.17, 15) is 5.11 Å². The second kappa shape index (κ2) is 5.17. The smallest absolute Gasteiger partial charge is 0.0954 e. The molecule has 0 aromatic heterocycles. The summed E-state index contributed by atoms with van der Waals surface area (Å²) in [5, 5.41) is 13.6. The Morgan fingerprint density at radius 2 is 2.12 bits per heavy atom. The molecule has 88 valence electrons. The van der Waals surface area contributed by atoms with Crippen LogP contribution in [0.5, 0.6) is 0 Å². The Morgan fingerprint density at radius 1 is 1.38 bits per heavy atom. The zero-order chi connectivity index (χ0) is 11.7. The van der Waals surface area contributed by atoms with Gasteiger partial charge in [-0.05, 0) is 49.6 Å². The number of rotatable bonds is 2. The van der Waals surface area contributed by atoms with Crippen LogP contribution in [0.15, 0.2) is 21.1 Å². The molecule has 16 heavy (non-hydrogen) atoms. The number of hydrogen-bond acceptors (Lipinski definition) is 2. The summed E-state index contributed by atoms with van der Waals surface area (Å²) in [6.45, 7) is 3.05. The maximum atomic E-state index is 10.3. The lowest BCUT2D eigenvalue weighted by Crippen LogP contribution is -2.28. The third kappa shape index (κ3) is 2.50. The first kappa shape index (κ1) is 12.6. The molecular formula is C12H15Br2NO. The Bertz CT molecular complexity index is 389. The van der Waals surface area contributed by atoms with Gasteiger partial charge in [0.25, 0.3) is 0 Å². The zero-order valence-corrected chi connectivity index (χ0v) is 12.3. The highest BCUT2D eigenvalue weighted by molar-refractivity contribution is 9.11. The van der Waals surface area contributed by atoms with E-state index in [-0.39, 0.29) is 6.04 Å². The fourth-order valence-corrected chi connectivity index (χ4v) is 3.14. The summed E-state index contributed by atoms with van der Waals surface area (Å²) in [5.41, 5.74) is 2.12. The van der Waals surface area contributed by atoms with Crippen LogP contribution in [0, 0.1) is 6.92 Å². The van der Waals surface area contributed by atoms with Gasteiger partial charge in [0.15, 0.2) is 0 Å². The molecule has 1 heterocycles. The number of aliphatic hydroxyl groups excluding tert-OH is 1. The monoisotopic (exact) mass is 347 g/mol. The maximum Gasteiger partial charge on any atom is 0.0954 e. The Hall–Kier alpha value is 0.1000. The van der Waals surface area contributed by atoms with Gasteiger partial charge in [0, 0.05) is 15.0 Å². The molecule has 0 aliphatic carbocycles. The van der Waals surface area contributed by atoms with Crippen LogP contribution < -0.4 is 5.32 Å². The van der Waals surface area contributed by atoms with Crippen LogP contribution in [0.3, 0.4) is 0 Å². The molecule has 1 aliphatic heterocycles. The van der Waals surface area contributed by atoms with Gasteiger partial charge < -0.3 is 10.4 Å². The predicted molar refractivity (Wildman–Crippen MR) is 72.6 cm³/mol. The van der Waals surface area contributed by atoms with Gasteiger partial charge in [-0.3, -0.25) is 0 Å². The Morgan fingerprint density at radius 3 is 2.75 bits per heavy atom. The first-order chi connectivity index (χ1) is 7.59. The standard InChI is InChI=1S/C12H15Br2NO/c1-7-5-10(14)8(6-9(7)13)12(16)11-3-2-4-15-11/h5-6,11-12,15-16H,2-4H2,1H3. The molecule has 0 bridgehead atoms. The molecule has 1 saturated heterocycles. The maximum absolute atomic E-state index is 10.3. The fraction of sp³-hybridized carbons (Fsp3) is 0.500. The van der Waals surface area contributed by atoms with Crippen molar-refractivity contribution in [1.29, 1.82) is 0 Å². The van der Waals surface area contributed by atoms with Crippen LogP contribution in [0.2, 0.25) is 0 Å². The molecule has 0 amide bonds. The lowest BCUT2D eigenvalue weighted by molar-refractivity contribution is 0.136. The van der Waals surface area contributed by atoms with Crippen LogP contribution >= 0.6 is 31.9 Å². The molecular weight excluding hydrogens is 334 g/mol. The van der Waals surface area contributed by atoms with E-state index in [0.717, 1.165) is 33.9 Å². The van der Waals surface area contributed by atoms with E-state index in [4.69, 9.17) is 0 Å². The van der Waals surface area contributed by atoms with Gasteiger partial charge in [-0.2, -0.15) is 0 Å². The molecule has 0 radical (unpaired) electrons. The molecule has 0 saturated carbocycles. The molecule has 2 nitrogen and oxygen atoms in total. The molecule has 4 heteroatoms. The lowest BCUT2D eigenvalue weighted by Gasteiger charge is -2.20. The summed E-state index contributed by atoms with van der Waals surface area (Å²) in [7, 11) is 0. The highest BCUT2D eigenvalue weighted by atomic mass is 79.9. The summed E-state index contributed by atoms with van der Waals surface area (Å²) in [6.07, 6.45) is 1.75. The van der Waals surface area contributed by atoms with Crippen molar-refractivity contribution in [2.24, 2.45) is 0 Å². The van der Waals surface area contributed by atoms with Crippen LogP contribution in [-0.2, 0) is 0 Å². The van der Waals surface area contributed by atoms with Crippen molar-refractivity contribution in [3.8, 4) is 0 Å². The Balaban J connectivity index is 2.28. The van der Waals surface area contributed by atoms with Crippen LogP contribution in [0.4, 0.5) is 0 Å². The topological polar surface area (TPSA) is 32.3 Å². The van der Waals surface area contributed by atoms with Gasteiger partial charge in [0.05, 0.1) is 6.10 Å². The summed E-state index contributed by atoms with van der Waals surface area (Å²) in [4.78, 5) is 0. The number of benzene rings is 1. The van der Waals surface area contributed by atoms with Crippen molar-refractivity contribution in [2.75, 3.05) is 6.54 Å². The minimum atomic E-state index is -0.436. The van der Waals surface area contributed by atoms with Gasteiger partial charge >= 0.3 is 0 Å². The van der Waals surface area contributed by atoms with Gasteiger partial charge in [-0.25, -0.2) is 0 Å². The summed E-state index contributed by atoms with van der Waals surface area (Å²) < 4.78 is 2.03. The highest BCUT2D eigenvalue weighted by Gasteiger charge is 2.25. The van der Waals surface area contributed by atoms with Crippen molar-refractivity contribution in [2.45, 2.75) is 31.9 Å². The van der Waals surface area contributed by atoms with Crippen molar-refractivity contribution in [3.63, 3.8) is 0 Å². The minimum Gasteiger partial charge on any atom is -0.387 e. The molecule has 2 unspecified atom stereocenters. The van der Waals surface area contributed by atoms with Crippen molar-refractivity contribution >= 4 is 31.9 Å². The molecule has 2 rings (SSSR count). The van der Waals surface area contributed by atoms with Crippen LogP contribution in [-0.4, -0.2) is 17.7 Å². The van der Waals surface area contributed by atoms with E-state index in [1.807, 2.05) is 19.1 Å². The molecule has 1 aromatic rings. The molecule has 2 atom stereocenters. The van der Waals surface area contributed by atoms with E-state index in [1.165, 1.54) is 5.56 Å². The van der Waals surface area contributed by atoms with E-state index in [0.29, 0.717) is 0 Å². The largest absolute Gasteiger partial charge is 0.387 e. The quantitative estimate of drug-likeness (QED) is 0.859. The van der Waals surface area contributed by atoms with E-state index < -0.39 is 6.10 Å². The third-order valence-electron chi connectivity index (χ3n) is 3.08. The second-order valence-corrected chi connectivity index (χ2v) is 5.98. The highest BCUT2D eigenvalue weighted by Crippen LogP contribution is 2.32. The predicted octanol–water partition coefficient (Wildman–Crippen LogP) is 3.31. The Labute approximate surface area is 113 Å². The SMILES string of the molecule is Cc1cc(Br)c(C(O)C2CCCN2)cc1Br. The molecule has 1 aromatic carbocycles. The average molecular weight is 349 g/mol. The number of aryl methyl sites for hydroxylation is 1. The van der Waals surface area contributed by atoms with E-state index in [2.05, 4.69) is 37.2 Å². The van der Waals surface area contributed by atoms with Crippen LogP contribution in [0.25, 0.3) is 0 Å².